The van der Waals surface area contributed by atoms with Crippen LogP contribution in [0.2, 0.25) is 5.02 Å². The van der Waals surface area contributed by atoms with Crippen LogP contribution in [0.5, 0.6) is 0 Å². The van der Waals surface area contributed by atoms with Crippen LogP contribution in [-0.4, -0.2) is 100 Å². The highest BCUT2D eigenvalue weighted by Crippen LogP contribution is 2.43. The van der Waals surface area contributed by atoms with Crippen molar-refractivity contribution in [1.82, 2.24) is 24.7 Å². The predicted octanol–water partition coefficient (Wildman–Crippen LogP) is 2.27. The lowest BCUT2D eigenvalue weighted by Crippen LogP contribution is -2.62. The van der Waals surface area contributed by atoms with Crippen LogP contribution in [0.1, 0.15) is 55.0 Å². The zero-order chi connectivity index (χ0) is 26.1. The van der Waals surface area contributed by atoms with Crippen LogP contribution in [0.15, 0.2) is 30.6 Å². The molecule has 10 heteroatoms. The Hall–Kier alpha value is -2.59. The number of carbonyl (C=O) groups excluding carboxylic acids is 2. The second-order valence-corrected chi connectivity index (χ2v) is 10.8. The largest absolute Gasteiger partial charge is 0.387 e. The first-order valence-corrected chi connectivity index (χ1v) is 13.5. The number of fused-ring (bicyclic) bond motifs is 1. The number of aliphatic hydroxyl groups excluding tert-OH is 1. The lowest BCUT2D eigenvalue weighted by Gasteiger charge is -2.48. The Morgan fingerprint density at radius 2 is 1.65 bits per heavy atom. The van der Waals surface area contributed by atoms with Gasteiger partial charge in [0.25, 0.3) is 0 Å². The molecule has 37 heavy (non-hydrogen) atoms. The van der Waals surface area contributed by atoms with Crippen molar-refractivity contribution < 1.29 is 14.7 Å². The van der Waals surface area contributed by atoms with E-state index < -0.39 is 6.10 Å². The van der Waals surface area contributed by atoms with Crippen LogP contribution >= 0.6 is 11.6 Å². The van der Waals surface area contributed by atoms with Gasteiger partial charge in [-0.05, 0) is 30.0 Å². The summed E-state index contributed by atoms with van der Waals surface area (Å²) in [5.74, 6) is 0.885. The second-order valence-electron chi connectivity index (χ2n) is 10.3. The summed E-state index contributed by atoms with van der Waals surface area (Å²) in [5.41, 5.74) is 2.76. The number of anilines is 1. The van der Waals surface area contributed by atoms with Gasteiger partial charge in [0.2, 0.25) is 5.91 Å². The molecule has 1 aromatic heterocycles. The van der Waals surface area contributed by atoms with Crippen molar-refractivity contribution in [2.45, 2.75) is 44.4 Å². The van der Waals surface area contributed by atoms with E-state index in [9.17, 15) is 14.7 Å². The summed E-state index contributed by atoms with van der Waals surface area (Å²) in [6.45, 7) is 9.56. The number of nitrogens with zero attached hydrogens (tertiary/aromatic N) is 6. The summed E-state index contributed by atoms with van der Waals surface area (Å²) >= 11 is 6.14. The van der Waals surface area contributed by atoms with Gasteiger partial charge in [-0.2, -0.15) is 0 Å². The Kier molecular flexibility index (Phi) is 7.76. The Bertz CT molecular complexity index is 1120. The molecule has 2 unspecified atom stereocenters. The zero-order valence-corrected chi connectivity index (χ0v) is 22.2. The zero-order valence-electron chi connectivity index (χ0n) is 21.5. The number of carbonyl (C=O) groups is 2. The highest BCUT2D eigenvalue weighted by atomic mass is 35.5. The Labute approximate surface area is 223 Å². The van der Waals surface area contributed by atoms with Crippen molar-refractivity contribution >= 4 is 29.6 Å². The summed E-state index contributed by atoms with van der Waals surface area (Å²) in [6.07, 6.45) is 2.64. The minimum atomic E-state index is -0.529. The van der Waals surface area contributed by atoms with Crippen molar-refractivity contribution in [2.75, 3.05) is 57.3 Å². The number of piperazine rings is 2. The molecule has 2 fully saturated rings. The van der Waals surface area contributed by atoms with E-state index in [1.165, 1.54) is 0 Å². The molecule has 5 rings (SSSR count). The van der Waals surface area contributed by atoms with E-state index in [1.807, 2.05) is 29.2 Å². The van der Waals surface area contributed by atoms with E-state index in [4.69, 9.17) is 11.6 Å². The number of hydrogen-bond acceptors (Lipinski definition) is 8. The average Bonchev–Trinajstić information content (AvgIpc) is 3.21. The van der Waals surface area contributed by atoms with Gasteiger partial charge in [0.1, 0.15) is 18.4 Å². The molecule has 0 radical (unpaired) electrons. The number of benzene rings is 1. The SMILES string of the molecule is CC(=O)N1CCN(C(C(C=O)c2ccc(Cl)cc2)N2CCN(c3ncnc4c3[C@H](C)C[C@H]4O)CC2)CC1. The lowest BCUT2D eigenvalue weighted by molar-refractivity contribution is -0.132. The van der Waals surface area contributed by atoms with Gasteiger partial charge >= 0.3 is 0 Å². The molecule has 1 aromatic carbocycles. The maximum absolute atomic E-state index is 12.6. The summed E-state index contributed by atoms with van der Waals surface area (Å²) in [6, 6.07) is 7.55. The summed E-state index contributed by atoms with van der Waals surface area (Å²) in [7, 11) is 0. The van der Waals surface area contributed by atoms with Gasteiger partial charge in [-0.25, -0.2) is 9.97 Å². The molecule has 3 heterocycles. The molecule has 0 bridgehead atoms. The van der Waals surface area contributed by atoms with Gasteiger partial charge in [-0.3, -0.25) is 14.6 Å². The number of amides is 1. The summed E-state index contributed by atoms with van der Waals surface area (Å²) in [4.78, 5) is 42.4. The van der Waals surface area contributed by atoms with Gasteiger partial charge in [0, 0.05) is 69.9 Å². The van der Waals surface area contributed by atoms with Crippen LogP contribution in [-0.2, 0) is 9.59 Å². The number of rotatable bonds is 6. The average molecular weight is 527 g/mol. The standard InChI is InChI=1S/C27H35ClN6O3/c1-18-15-23(37)25-24(18)26(30-17-29-25)32-9-13-34(14-10-32)27(33-11-7-31(8-12-33)19(2)36)22(16-35)20-3-5-21(28)6-4-20/h3-6,16-18,22-23,27,37H,7-15H2,1-2H3/t18-,22?,23-,27?/m1/s1. The fraction of sp³-hybridized carbons (Fsp3) is 0.556. The first kappa shape index (κ1) is 26.0. The number of aromatic nitrogens is 2. The molecule has 2 aromatic rings. The van der Waals surface area contributed by atoms with E-state index in [-0.39, 0.29) is 23.9 Å². The van der Waals surface area contributed by atoms with Crippen molar-refractivity contribution in [3.8, 4) is 0 Å². The fourth-order valence-electron chi connectivity index (χ4n) is 6.14. The number of hydrogen-bond donors (Lipinski definition) is 1. The third-order valence-corrected chi connectivity index (χ3v) is 8.38. The van der Waals surface area contributed by atoms with Crippen molar-refractivity contribution in [3.05, 3.63) is 52.4 Å². The van der Waals surface area contributed by atoms with E-state index in [1.54, 1.807) is 13.3 Å². The monoisotopic (exact) mass is 526 g/mol. The van der Waals surface area contributed by atoms with Crippen LogP contribution in [0, 0.1) is 0 Å². The summed E-state index contributed by atoms with van der Waals surface area (Å²) < 4.78 is 0. The molecule has 2 saturated heterocycles. The number of aliphatic hydroxyl groups is 1. The Morgan fingerprint density at radius 1 is 1.03 bits per heavy atom. The van der Waals surface area contributed by atoms with E-state index >= 15 is 0 Å². The van der Waals surface area contributed by atoms with Crippen molar-refractivity contribution in [2.24, 2.45) is 0 Å². The van der Waals surface area contributed by atoms with E-state index in [0.29, 0.717) is 24.5 Å². The van der Waals surface area contributed by atoms with Crippen LogP contribution in [0.4, 0.5) is 5.82 Å². The second kappa shape index (κ2) is 11.0. The smallest absolute Gasteiger partial charge is 0.219 e. The number of aldehydes is 1. The van der Waals surface area contributed by atoms with Gasteiger partial charge < -0.3 is 19.7 Å². The first-order chi connectivity index (χ1) is 17.9. The Balaban J connectivity index is 1.37. The molecule has 1 aliphatic carbocycles. The van der Waals surface area contributed by atoms with E-state index in [0.717, 1.165) is 68.2 Å². The molecule has 198 valence electrons. The topological polar surface area (TPSA) is 93.1 Å². The van der Waals surface area contributed by atoms with Gasteiger partial charge in [0.05, 0.1) is 23.9 Å². The van der Waals surface area contributed by atoms with Gasteiger partial charge in [-0.15, -0.1) is 0 Å². The maximum atomic E-state index is 12.6. The predicted molar refractivity (Wildman–Crippen MR) is 142 cm³/mol. The molecule has 9 nitrogen and oxygen atoms in total. The fourth-order valence-corrected chi connectivity index (χ4v) is 6.27. The normalized spacial score (nSPS) is 24.5. The molecule has 0 spiro atoms. The molecule has 4 atom stereocenters. The van der Waals surface area contributed by atoms with Crippen LogP contribution < -0.4 is 4.90 Å². The third kappa shape index (κ3) is 5.23. The quantitative estimate of drug-likeness (QED) is 0.573. The highest BCUT2D eigenvalue weighted by molar-refractivity contribution is 6.30. The number of halogens is 1. The highest BCUT2D eigenvalue weighted by Gasteiger charge is 2.39. The van der Waals surface area contributed by atoms with Gasteiger partial charge in [0.15, 0.2) is 0 Å². The van der Waals surface area contributed by atoms with Crippen LogP contribution in [0.25, 0.3) is 0 Å². The summed E-state index contributed by atoms with van der Waals surface area (Å²) in [5, 5.41) is 11.1. The molecule has 1 N–H and O–H groups in total. The first-order valence-electron chi connectivity index (χ1n) is 13.1. The molecule has 3 aliphatic rings. The molecule has 2 aliphatic heterocycles. The molecular weight excluding hydrogens is 492 g/mol. The molecular formula is C27H35ClN6O3. The van der Waals surface area contributed by atoms with Crippen LogP contribution in [0.3, 0.4) is 0 Å². The molecule has 0 saturated carbocycles. The minimum absolute atomic E-state index is 0.0891. The minimum Gasteiger partial charge on any atom is -0.387 e. The van der Waals surface area contributed by atoms with Crippen molar-refractivity contribution in [1.29, 1.82) is 0 Å². The maximum Gasteiger partial charge on any atom is 0.219 e. The van der Waals surface area contributed by atoms with E-state index in [2.05, 4.69) is 31.6 Å². The van der Waals surface area contributed by atoms with Gasteiger partial charge in [-0.1, -0.05) is 30.7 Å². The molecule has 1 amide bonds. The lowest BCUT2D eigenvalue weighted by atomic mass is 9.94. The third-order valence-electron chi connectivity index (χ3n) is 8.12. The van der Waals surface area contributed by atoms with Crippen molar-refractivity contribution in [3.63, 3.8) is 0 Å². The Morgan fingerprint density at radius 3 is 2.24 bits per heavy atom.